The van der Waals surface area contributed by atoms with Crippen LogP contribution in [0.5, 0.6) is 5.75 Å². The van der Waals surface area contributed by atoms with E-state index in [1.165, 1.54) is 5.56 Å². The van der Waals surface area contributed by atoms with Gasteiger partial charge >= 0.3 is 0 Å². The minimum Gasteiger partial charge on any atom is -0.488 e. The third-order valence-corrected chi connectivity index (χ3v) is 2.88. The lowest BCUT2D eigenvalue weighted by Gasteiger charge is -2.08. The van der Waals surface area contributed by atoms with Gasteiger partial charge < -0.3 is 25.6 Å². The number of fused-ring (bicyclic) bond motifs is 1. The summed E-state index contributed by atoms with van der Waals surface area (Å²) in [6, 6.07) is 6.06. The van der Waals surface area contributed by atoms with E-state index in [0.717, 1.165) is 24.4 Å². The third-order valence-electron chi connectivity index (χ3n) is 2.88. The molecule has 0 saturated heterocycles. The van der Waals surface area contributed by atoms with Crippen molar-refractivity contribution in [3.05, 3.63) is 23.8 Å². The van der Waals surface area contributed by atoms with E-state index in [-0.39, 0.29) is 12.7 Å². The highest BCUT2D eigenvalue weighted by atomic mass is 16.5. The summed E-state index contributed by atoms with van der Waals surface area (Å²) >= 11 is 0. The van der Waals surface area contributed by atoms with E-state index in [4.69, 9.17) is 20.3 Å². The van der Waals surface area contributed by atoms with Crippen molar-refractivity contribution in [1.29, 1.82) is 0 Å². The molecule has 1 aliphatic heterocycles. The van der Waals surface area contributed by atoms with Crippen LogP contribution in [0.4, 0.5) is 5.69 Å². The smallest absolute Gasteiger partial charge is 0.123 e. The van der Waals surface area contributed by atoms with Crippen LogP contribution in [0.1, 0.15) is 5.56 Å². The molecule has 100 valence electrons. The molecule has 18 heavy (non-hydrogen) atoms. The van der Waals surface area contributed by atoms with Crippen LogP contribution in [0.2, 0.25) is 0 Å². The molecular weight excluding hydrogens is 232 g/mol. The number of hydrogen-bond acceptors (Lipinski definition) is 5. The molecule has 1 unspecified atom stereocenters. The lowest BCUT2D eigenvalue weighted by Crippen LogP contribution is -2.24. The molecule has 1 aromatic carbocycles. The van der Waals surface area contributed by atoms with Crippen molar-refractivity contribution in [1.82, 2.24) is 0 Å². The van der Waals surface area contributed by atoms with Crippen molar-refractivity contribution < 1.29 is 14.6 Å². The molecule has 1 atom stereocenters. The highest BCUT2D eigenvalue weighted by Gasteiger charge is 2.21. The van der Waals surface area contributed by atoms with E-state index in [2.05, 4.69) is 11.4 Å². The maximum absolute atomic E-state index is 8.57. The Morgan fingerprint density at radius 2 is 2.33 bits per heavy atom. The Balaban J connectivity index is 1.81. The second kappa shape index (κ2) is 6.58. The number of anilines is 1. The first kappa shape index (κ1) is 13.1. The van der Waals surface area contributed by atoms with Crippen molar-refractivity contribution in [2.24, 2.45) is 5.73 Å². The predicted octanol–water partition coefficient (Wildman–Crippen LogP) is 0.370. The van der Waals surface area contributed by atoms with E-state index in [1.54, 1.807) is 0 Å². The molecule has 0 aromatic heterocycles. The van der Waals surface area contributed by atoms with E-state index in [9.17, 15) is 0 Å². The number of aliphatic hydroxyl groups excluding tert-OH is 1. The summed E-state index contributed by atoms with van der Waals surface area (Å²) in [7, 11) is 0. The number of nitrogens with two attached hydrogens (primary N) is 1. The molecule has 5 nitrogen and oxygen atoms in total. The van der Waals surface area contributed by atoms with Crippen LogP contribution in [0.15, 0.2) is 18.2 Å². The molecular formula is C13H20N2O3. The van der Waals surface area contributed by atoms with E-state index in [1.807, 2.05) is 12.1 Å². The van der Waals surface area contributed by atoms with Crippen LogP contribution in [0.3, 0.4) is 0 Å². The molecule has 1 heterocycles. The molecule has 0 fully saturated rings. The van der Waals surface area contributed by atoms with Crippen LogP contribution in [0.25, 0.3) is 0 Å². The fraction of sp³-hybridized carbons (Fsp3) is 0.538. The van der Waals surface area contributed by atoms with Crippen LogP contribution in [-0.4, -0.2) is 44.1 Å². The minimum absolute atomic E-state index is 0.0661. The van der Waals surface area contributed by atoms with Crippen LogP contribution >= 0.6 is 0 Å². The number of hydrogen-bond donors (Lipinski definition) is 3. The molecule has 0 radical (unpaired) electrons. The van der Waals surface area contributed by atoms with Crippen LogP contribution < -0.4 is 15.8 Å². The molecule has 0 aliphatic carbocycles. The first-order valence-corrected chi connectivity index (χ1v) is 6.25. The Labute approximate surface area is 107 Å². The topological polar surface area (TPSA) is 76.7 Å². The Morgan fingerprint density at radius 1 is 1.44 bits per heavy atom. The van der Waals surface area contributed by atoms with Crippen molar-refractivity contribution in [2.45, 2.75) is 12.5 Å². The zero-order valence-corrected chi connectivity index (χ0v) is 10.4. The van der Waals surface area contributed by atoms with Gasteiger partial charge in [0.1, 0.15) is 11.9 Å². The minimum atomic E-state index is 0.0661. The van der Waals surface area contributed by atoms with Gasteiger partial charge in [-0.15, -0.1) is 0 Å². The van der Waals surface area contributed by atoms with Gasteiger partial charge in [-0.3, -0.25) is 0 Å². The van der Waals surface area contributed by atoms with Gasteiger partial charge in [-0.1, -0.05) is 0 Å². The number of rotatable bonds is 7. The quantitative estimate of drug-likeness (QED) is 0.611. The summed E-state index contributed by atoms with van der Waals surface area (Å²) in [6.07, 6.45) is 0.991. The molecule has 0 bridgehead atoms. The number of nitrogens with one attached hydrogen (secondary N) is 1. The molecule has 0 saturated carbocycles. The van der Waals surface area contributed by atoms with Gasteiger partial charge in [-0.25, -0.2) is 0 Å². The zero-order valence-electron chi connectivity index (χ0n) is 10.4. The summed E-state index contributed by atoms with van der Waals surface area (Å²) < 4.78 is 10.8. The Hall–Kier alpha value is -1.30. The first-order chi connectivity index (χ1) is 8.83. The largest absolute Gasteiger partial charge is 0.488 e. The average molecular weight is 252 g/mol. The maximum atomic E-state index is 8.57. The zero-order chi connectivity index (χ0) is 12.8. The second-order valence-corrected chi connectivity index (χ2v) is 4.26. The number of ether oxygens (including phenoxy) is 2. The molecule has 1 aliphatic rings. The Morgan fingerprint density at radius 3 is 3.11 bits per heavy atom. The van der Waals surface area contributed by atoms with Gasteiger partial charge in [-0.05, 0) is 23.8 Å². The van der Waals surface area contributed by atoms with Gasteiger partial charge in [0, 0.05) is 25.2 Å². The van der Waals surface area contributed by atoms with Crippen LogP contribution in [-0.2, 0) is 11.2 Å². The number of benzene rings is 1. The van der Waals surface area contributed by atoms with Crippen molar-refractivity contribution in [3.8, 4) is 5.75 Å². The molecule has 2 rings (SSSR count). The van der Waals surface area contributed by atoms with E-state index >= 15 is 0 Å². The SMILES string of the molecule is NCC1Cc2cc(NCCOCCO)ccc2O1. The molecule has 1 aromatic rings. The van der Waals surface area contributed by atoms with Crippen LogP contribution in [0, 0.1) is 0 Å². The molecule has 0 amide bonds. The standard InChI is InChI=1S/C13H20N2O3/c14-9-12-8-10-7-11(1-2-13(10)18-12)15-3-5-17-6-4-16/h1-2,7,12,15-16H,3-6,8-9,14H2. The third kappa shape index (κ3) is 3.35. The summed E-state index contributed by atoms with van der Waals surface area (Å²) in [6.45, 7) is 2.31. The van der Waals surface area contributed by atoms with E-state index in [0.29, 0.717) is 19.8 Å². The predicted molar refractivity (Wildman–Crippen MR) is 70.0 cm³/mol. The van der Waals surface area contributed by atoms with Crippen molar-refractivity contribution >= 4 is 5.69 Å². The van der Waals surface area contributed by atoms with Gasteiger partial charge in [0.25, 0.3) is 0 Å². The highest BCUT2D eigenvalue weighted by molar-refractivity contribution is 5.52. The number of aliphatic hydroxyl groups is 1. The molecule has 4 N–H and O–H groups in total. The molecule has 5 heteroatoms. The Kier molecular flexibility index (Phi) is 4.81. The fourth-order valence-corrected chi connectivity index (χ4v) is 2.00. The van der Waals surface area contributed by atoms with Gasteiger partial charge in [0.15, 0.2) is 0 Å². The van der Waals surface area contributed by atoms with Crippen molar-refractivity contribution in [2.75, 3.05) is 38.2 Å². The lowest BCUT2D eigenvalue weighted by molar-refractivity contribution is 0.0992. The average Bonchev–Trinajstić information content (AvgIpc) is 2.80. The highest BCUT2D eigenvalue weighted by Crippen LogP contribution is 2.30. The van der Waals surface area contributed by atoms with E-state index < -0.39 is 0 Å². The van der Waals surface area contributed by atoms with Gasteiger partial charge in [0.05, 0.1) is 19.8 Å². The monoisotopic (exact) mass is 252 g/mol. The van der Waals surface area contributed by atoms with Gasteiger partial charge in [-0.2, -0.15) is 0 Å². The second-order valence-electron chi connectivity index (χ2n) is 4.26. The fourth-order valence-electron chi connectivity index (χ4n) is 2.00. The summed E-state index contributed by atoms with van der Waals surface area (Å²) in [5.74, 6) is 0.938. The summed E-state index contributed by atoms with van der Waals surface area (Å²) in [5.41, 5.74) is 7.86. The first-order valence-electron chi connectivity index (χ1n) is 6.25. The normalized spacial score (nSPS) is 17.3. The maximum Gasteiger partial charge on any atom is 0.123 e. The lowest BCUT2D eigenvalue weighted by atomic mass is 10.1. The van der Waals surface area contributed by atoms with Crippen molar-refractivity contribution in [3.63, 3.8) is 0 Å². The Bertz CT molecular complexity index is 384. The summed E-state index contributed by atoms with van der Waals surface area (Å²) in [5, 5.41) is 11.8. The summed E-state index contributed by atoms with van der Waals surface area (Å²) in [4.78, 5) is 0. The van der Waals surface area contributed by atoms with Gasteiger partial charge in [0.2, 0.25) is 0 Å². The molecule has 0 spiro atoms.